The number of halogens is 1. The van der Waals surface area contributed by atoms with Crippen molar-refractivity contribution < 1.29 is 4.39 Å². The molecule has 0 saturated heterocycles. The van der Waals surface area contributed by atoms with Gasteiger partial charge < -0.3 is 0 Å². The molecule has 2 heteroatoms. The molecule has 18 heavy (non-hydrogen) atoms. The Kier molecular flexibility index (Phi) is 1.72. The second-order valence-electron chi connectivity index (χ2n) is 5.43. The van der Waals surface area contributed by atoms with Crippen LogP contribution in [0.5, 0.6) is 0 Å². The Morgan fingerprint density at radius 2 is 1.56 bits per heavy atom. The van der Waals surface area contributed by atoms with Gasteiger partial charge in [0.05, 0.1) is 5.54 Å². The van der Waals surface area contributed by atoms with Gasteiger partial charge in [0.2, 0.25) is 0 Å². The normalized spacial score (nSPS) is 31.9. The van der Waals surface area contributed by atoms with Crippen LogP contribution in [0, 0.1) is 0 Å². The maximum atomic E-state index is 15.1. The van der Waals surface area contributed by atoms with Crippen LogP contribution in [0.25, 0.3) is 0 Å². The van der Waals surface area contributed by atoms with E-state index in [0.29, 0.717) is 6.42 Å². The minimum atomic E-state index is -1.42. The molecule has 2 aliphatic rings. The minimum Gasteiger partial charge on any atom is -0.268 e. The molecule has 90 valence electrons. The molecule has 2 atom stereocenters. The van der Waals surface area contributed by atoms with Crippen LogP contribution >= 0.6 is 0 Å². The molecule has 0 aliphatic carbocycles. The van der Waals surface area contributed by atoms with Crippen LogP contribution in [-0.2, 0) is 17.8 Å². The number of hydrogen-bond acceptors (Lipinski definition) is 1. The molecule has 0 aromatic heterocycles. The lowest BCUT2D eigenvalue weighted by Crippen LogP contribution is -2.49. The highest BCUT2D eigenvalue weighted by molar-refractivity contribution is 5.55. The Morgan fingerprint density at radius 1 is 0.944 bits per heavy atom. The smallest absolute Gasteiger partial charge is 0.192 e. The van der Waals surface area contributed by atoms with Crippen LogP contribution < -0.4 is 5.32 Å². The van der Waals surface area contributed by atoms with Crippen molar-refractivity contribution in [2.24, 2.45) is 0 Å². The zero-order valence-corrected chi connectivity index (χ0v) is 10.2. The first-order valence-corrected chi connectivity index (χ1v) is 6.30. The Bertz CT molecular complexity index is 651. The van der Waals surface area contributed by atoms with Crippen molar-refractivity contribution in [3.63, 3.8) is 0 Å². The number of alkyl halides is 1. The van der Waals surface area contributed by atoms with Gasteiger partial charge >= 0.3 is 0 Å². The molecule has 0 spiro atoms. The van der Waals surface area contributed by atoms with Crippen molar-refractivity contribution in [2.75, 3.05) is 0 Å². The lowest BCUT2D eigenvalue weighted by molar-refractivity contribution is 0.0908. The van der Waals surface area contributed by atoms with Crippen LogP contribution in [0.2, 0.25) is 0 Å². The predicted molar refractivity (Wildman–Crippen MR) is 69.0 cm³/mol. The maximum Gasteiger partial charge on any atom is 0.192 e. The van der Waals surface area contributed by atoms with Gasteiger partial charge in [0.25, 0.3) is 0 Å². The highest BCUT2D eigenvalue weighted by atomic mass is 19.1. The second kappa shape index (κ2) is 3.01. The average molecular weight is 239 g/mol. The number of nitrogens with one attached hydrogen (secondary N) is 1. The van der Waals surface area contributed by atoms with Gasteiger partial charge in [-0.15, -0.1) is 0 Å². The first kappa shape index (κ1) is 10.3. The molecule has 2 unspecified atom stereocenters. The number of benzene rings is 2. The fourth-order valence-electron chi connectivity index (χ4n) is 3.57. The lowest BCUT2D eigenvalue weighted by atomic mass is 9.82. The highest BCUT2D eigenvalue weighted by Gasteiger charge is 2.54. The van der Waals surface area contributed by atoms with Crippen molar-refractivity contribution in [2.45, 2.75) is 24.7 Å². The highest BCUT2D eigenvalue weighted by Crippen LogP contribution is 2.51. The molecule has 2 aromatic rings. The molecular formula is C16H14FN. The van der Waals surface area contributed by atoms with Crippen molar-refractivity contribution in [3.8, 4) is 0 Å². The molecule has 2 aromatic carbocycles. The topological polar surface area (TPSA) is 12.0 Å². The van der Waals surface area contributed by atoms with Crippen LogP contribution in [0.1, 0.15) is 29.2 Å². The lowest BCUT2D eigenvalue weighted by Gasteiger charge is -2.37. The summed E-state index contributed by atoms with van der Waals surface area (Å²) in [5.74, 6) is -1.42. The van der Waals surface area contributed by atoms with E-state index in [4.69, 9.17) is 0 Å². The van der Waals surface area contributed by atoms with Crippen LogP contribution in [0.4, 0.5) is 4.39 Å². The van der Waals surface area contributed by atoms with Crippen molar-refractivity contribution >= 4 is 0 Å². The summed E-state index contributed by atoms with van der Waals surface area (Å²) in [6, 6.07) is 16.0. The van der Waals surface area contributed by atoms with E-state index >= 15 is 4.39 Å². The van der Waals surface area contributed by atoms with Gasteiger partial charge in [-0.2, -0.15) is 0 Å². The standard InChI is InChI=1S/C16H14FN/c1-15-12-7-3-2-6-11(12)10-16(17,18-15)14-9-5-4-8-13(14)15/h2-9,18H,10H2,1H3. The van der Waals surface area contributed by atoms with Gasteiger partial charge in [-0.1, -0.05) is 48.5 Å². The van der Waals surface area contributed by atoms with E-state index < -0.39 is 11.3 Å². The van der Waals surface area contributed by atoms with Crippen molar-refractivity contribution in [1.82, 2.24) is 5.32 Å². The Hall–Kier alpha value is -1.67. The number of fused-ring (bicyclic) bond motifs is 7. The zero-order chi connectivity index (χ0) is 12.4. The van der Waals surface area contributed by atoms with E-state index in [0.717, 1.165) is 16.7 Å². The third-order valence-electron chi connectivity index (χ3n) is 4.33. The fraction of sp³-hybridized carbons (Fsp3) is 0.250. The number of hydrogen-bond donors (Lipinski definition) is 1. The summed E-state index contributed by atoms with van der Waals surface area (Å²) >= 11 is 0. The summed E-state index contributed by atoms with van der Waals surface area (Å²) in [6.45, 7) is 2.07. The van der Waals surface area contributed by atoms with Crippen molar-refractivity contribution in [3.05, 3.63) is 70.8 Å². The monoisotopic (exact) mass is 239 g/mol. The molecule has 0 fully saturated rings. The van der Waals surface area contributed by atoms with Gasteiger partial charge in [-0.05, 0) is 23.6 Å². The quantitative estimate of drug-likeness (QED) is 0.696. The van der Waals surface area contributed by atoms with Gasteiger partial charge in [-0.25, -0.2) is 4.39 Å². The van der Waals surface area contributed by atoms with E-state index in [1.165, 1.54) is 5.56 Å². The molecule has 2 aliphatic heterocycles. The molecule has 1 N–H and O–H groups in total. The summed E-state index contributed by atoms with van der Waals surface area (Å²) in [4.78, 5) is 0. The number of rotatable bonds is 0. The van der Waals surface area contributed by atoms with E-state index in [1.807, 2.05) is 42.5 Å². The molecular weight excluding hydrogens is 225 g/mol. The van der Waals surface area contributed by atoms with E-state index in [1.54, 1.807) is 0 Å². The summed E-state index contributed by atoms with van der Waals surface area (Å²) < 4.78 is 15.1. The fourth-order valence-corrected chi connectivity index (χ4v) is 3.57. The largest absolute Gasteiger partial charge is 0.268 e. The van der Waals surface area contributed by atoms with Gasteiger partial charge in [-0.3, -0.25) is 5.32 Å². The first-order valence-electron chi connectivity index (χ1n) is 6.30. The van der Waals surface area contributed by atoms with Crippen LogP contribution in [0.3, 0.4) is 0 Å². The molecule has 4 rings (SSSR count). The van der Waals surface area contributed by atoms with Crippen LogP contribution in [0.15, 0.2) is 48.5 Å². The SMILES string of the molecule is CC12NC(F)(Cc3ccccc31)c1ccccc12. The molecule has 0 radical (unpaired) electrons. The third-order valence-corrected chi connectivity index (χ3v) is 4.33. The molecule has 2 bridgehead atoms. The van der Waals surface area contributed by atoms with Crippen LogP contribution in [-0.4, -0.2) is 0 Å². The molecule has 0 amide bonds. The Labute approximate surface area is 106 Å². The van der Waals surface area contributed by atoms with E-state index in [2.05, 4.69) is 18.3 Å². The van der Waals surface area contributed by atoms with Gasteiger partial charge in [0, 0.05) is 12.0 Å². The van der Waals surface area contributed by atoms with Crippen molar-refractivity contribution in [1.29, 1.82) is 0 Å². The zero-order valence-electron chi connectivity index (χ0n) is 10.2. The van der Waals surface area contributed by atoms with E-state index in [-0.39, 0.29) is 0 Å². The summed E-state index contributed by atoms with van der Waals surface area (Å²) in [5, 5.41) is 3.20. The summed E-state index contributed by atoms with van der Waals surface area (Å²) in [5.41, 5.74) is 3.77. The predicted octanol–water partition coefficient (Wildman–Crippen LogP) is 3.23. The third kappa shape index (κ3) is 1.05. The second-order valence-corrected chi connectivity index (χ2v) is 5.43. The van der Waals surface area contributed by atoms with Gasteiger partial charge in [0.1, 0.15) is 0 Å². The summed E-state index contributed by atoms with van der Waals surface area (Å²) in [6.07, 6.45) is 0.412. The van der Waals surface area contributed by atoms with E-state index in [9.17, 15) is 0 Å². The molecule has 2 heterocycles. The minimum absolute atomic E-state index is 0.403. The Balaban J connectivity index is 2.09. The van der Waals surface area contributed by atoms with Gasteiger partial charge in [0.15, 0.2) is 5.79 Å². The first-order chi connectivity index (χ1) is 8.63. The maximum absolute atomic E-state index is 15.1. The Morgan fingerprint density at radius 3 is 2.33 bits per heavy atom. The average Bonchev–Trinajstić information content (AvgIpc) is 2.56. The molecule has 1 nitrogen and oxygen atoms in total. The molecule has 0 saturated carbocycles. The summed E-state index contributed by atoms with van der Waals surface area (Å²) in [7, 11) is 0.